The Morgan fingerprint density at radius 1 is 1.24 bits per heavy atom. The van der Waals surface area contributed by atoms with Crippen LogP contribution in [0.4, 0.5) is 11.4 Å². The van der Waals surface area contributed by atoms with Gasteiger partial charge >= 0.3 is 0 Å². The van der Waals surface area contributed by atoms with Gasteiger partial charge in [-0.1, -0.05) is 0 Å². The fraction of sp³-hybridized carbons (Fsp3) is 0.455. The van der Waals surface area contributed by atoms with E-state index in [4.69, 9.17) is 5.73 Å². The summed E-state index contributed by atoms with van der Waals surface area (Å²) < 4.78 is 24.7. The van der Waals surface area contributed by atoms with E-state index in [0.29, 0.717) is 12.2 Å². The first-order valence-corrected chi connectivity index (χ1v) is 7.03. The Balaban J connectivity index is 2.68. The van der Waals surface area contributed by atoms with Crippen molar-refractivity contribution < 1.29 is 8.42 Å². The van der Waals surface area contributed by atoms with Crippen LogP contribution >= 0.6 is 0 Å². The van der Waals surface area contributed by atoms with Crippen molar-refractivity contribution >= 4 is 21.4 Å². The van der Waals surface area contributed by atoms with Crippen LogP contribution in [-0.2, 0) is 10.0 Å². The minimum atomic E-state index is -3.17. The van der Waals surface area contributed by atoms with Gasteiger partial charge in [0.1, 0.15) is 0 Å². The summed E-state index contributed by atoms with van der Waals surface area (Å²) in [6.45, 7) is 4.31. The Morgan fingerprint density at radius 2 is 1.82 bits per heavy atom. The molecule has 0 radical (unpaired) electrons. The van der Waals surface area contributed by atoms with Crippen molar-refractivity contribution in [2.24, 2.45) is 0 Å². The summed E-state index contributed by atoms with van der Waals surface area (Å²) in [6.07, 6.45) is 0. The van der Waals surface area contributed by atoms with Crippen molar-refractivity contribution in [1.29, 1.82) is 0 Å². The lowest BCUT2D eigenvalue weighted by molar-refractivity contribution is 0.588. The molecule has 96 valence electrons. The molecule has 0 aliphatic heterocycles. The van der Waals surface area contributed by atoms with Crippen LogP contribution < -0.4 is 15.8 Å². The number of sulfonamides is 1. The number of rotatable bonds is 5. The Kier molecular flexibility index (Phi) is 4.36. The summed E-state index contributed by atoms with van der Waals surface area (Å²) >= 11 is 0. The van der Waals surface area contributed by atoms with E-state index in [0.717, 1.165) is 16.8 Å². The second-order valence-corrected chi connectivity index (χ2v) is 6.02. The first-order chi connectivity index (χ1) is 7.85. The SMILES string of the molecule is CNS(=O)(=O)CCNc1cc(C)c(C)cc1N. The molecule has 0 spiro atoms. The Labute approximate surface area is 102 Å². The van der Waals surface area contributed by atoms with Crippen molar-refractivity contribution in [3.8, 4) is 0 Å². The van der Waals surface area contributed by atoms with Crippen molar-refractivity contribution in [2.75, 3.05) is 30.4 Å². The standard InChI is InChI=1S/C11H19N3O2S/c1-8-6-10(12)11(7-9(8)2)14-4-5-17(15,16)13-3/h6-7,13-14H,4-5,12H2,1-3H3. The topological polar surface area (TPSA) is 84.2 Å². The van der Waals surface area contributed by atoms with Gasteiger partial charge in [-0.3, -0.25) is 0 Å². The van der Waals surface area contributed by atoms with Crippen LogP contribution in [0.5, 0.6) is 0 Å². The maximum atomic E-state index is 11.2. The van der Waals surface area contributed by atoms with Gasteiger partial charge in [-0.2, -0.15) is 0 Å². The van der Waals surface area contributed by atoms with Crippen LogP contribution in [-0.4, -0.2) is 27.8 Å². The largest absolute Gasteiger partial charge is 0.397 e. The third-order valence-electron chi connectivity index (χ3n) is 2.66. The van der Waals surface area contributed by atoms with Gasteiger partial charge in [-0.15, -0.1) is 0 Å². The number of nitrogens with one attached hydrogen (secondary N) is 2. The lowest BCUT2D eigenvalue weighted by atomic mass is 10.1. The number of nitrogen functional groups attached to an aromatic ring is 1. The lowest BCUT2D eigenvalue weighted by Crippen LogP contribution is -2.26. The van der Waals surface area contributed by atoms with Crippen LogP contribution in [0.25, 0.3) is 0 Å². The van der Waals surface area contributed by atoms with E-state index in [1.54, 1.807) is 0 Å². The Morgan fingerprint density at radius 3 is 2.41 bits per heavy atom. The molecule has 0 aromatic heterocycles. The zero-order valence-corrected chi connectivity index (χ0v) is 11.2. The minimum absolute atomic E-state index is 0.0237. The van der Waals surface area contributed by atoms with Crippen LogP contribution in [0.1, 0.15) is 11.1 Å². The summed E-state index contributed by atoms with van der Waals surface area (Å²) in [6, 6.07) is 3.81. The van der Waals surface area contributed by atoms with Crippen molar-refractivity contribution in [1.82, 2.24) is 4.72 Å². The highest BCUT2D eigenvalue weighted by Gasteiger charge is 2.07. The van der Waals surface area contributed by atoms with Crippen molar-refractivity contribution in [2.45, 2.75) is 13.8 Å². The molecule has 0 atom stereocenters. The Bertz CT molecular complexity index is 498. The number of nitrogens with two attached hydrogens (primary N) is 1. The highest BCUT2D eigenvalue weighted by molar-refractivity contribution is 7.89. The molecule has 0 aliphatic carbocycles. The average molecular weight is 257 g/mol. The van der Waals surface area contributed by atoms with Crippen LogP contribution in [0.15, 0.2) is 12.1 Å². The van der Waals surface area contributed by atoms with E-state index >= 15 is 0 Å². The number of hydrogen-bond acceptors (Lipinski definition) is 4. The molecule has 1 aromatic carbocycles. The fourth-order valence-corrected chi connectivity index (χ4v) is 1.99. The van der Waals surface area contributed by atoms with Gasteiger partial charge in [0.15, 0.2) is 0 Å². The third-order valence-corrected chi connectivity index (χ3v) is 4.03. The molecule has 0 amide bonds. The average Bonchev–Trinajstić information content (AvgIpc) is 2.25. The van der Waals surface area contributed by atoms with Crippen LogP contribution in [0.2, 0.25) is 0 Å². The highest BCUT2D eigenvalue weighted by atomic mass is 32.2. The quantitative estimate of drug-likeness (QED) is 0.683. The third kappa shape index (κ3) is 3.90. The molecule has 0 saturated carbocycles. The Hall–Kier alpha value is -1.27. The van der Waals surface area contributed by atoms with Gasteiger partial charge in [0.25, 0.3) is 0 Å². The number of anilines is 2. The molecule has 4 N–H and O–H groups in total. The second-order valence-electron chi connectivity index (χ2n) is 3.97. The molecule has 5 nitrogen and oxygen atoms in total. The van der Waals surface area contributed by atoms with Gasteiger partial charge in [0.2, 0.25) is 10.0 Å². The molecule has 1 aromatic rings. The van der Waals surface area contributed by atoms with E-state index in [1.807, 2.05) is 26.0 Å². The fourth-order valence-electron chi connectivity index (χ4n) is 1.41. The molecule has 0 heterocycles. The van der Waals surface area contributed by atoms with Gasteiger partial charge in [-0.05, 0) is 44.2 Å². The highest BCUT2D eigenvalue weighted by Crippen LogP contribution is 2.22. The zero-order chi connectivity index (χ0) is 13.1. The number of hydrogen-bond donors (Lipinski definition) is 3. The maximum absolute atomic E-state index is 11.2. The van der Waals surface area contributed by atoms with Gasteiger partial charge in [0, 0.05) is 6.54 Å². The predicted octanol–water partition coefficient (Wildman–Crippen LogP) is 0.847. The summed E-state index contributed by atoms with van der Waals surface area (Å²) in [5.74, 6) is 0.0237. The van der Waals surface area contributed by atoms with Crippen molar-refractivity contribution in [3.63, 3.8) is 0 Å². The molecule has 0 saturated heterocycles. The van der Waals surface area contributed by atoms with E-state index in [1.165, 1.54) is 7.05 Å². The van der Waals surface area contributed by atoms with Crippen molar-refractivity contribution in [3.05, 3.63) is 23.3 Å². The van der Waals surface area contributed by atoms with E-state index < -0.39 is 10.0 Å². The molecular weight excluding hydrogens is 238 g/mol. The maximum Gasteiger partial charge on any atom is 0.213 e. The summed E-state index contributed by atoms with van der Waals surface area (Å²) in [5.41, 5.74) is 9.50. The van der Waals surface area contributed by atoms with Crippen LogP contribution in [0.3, 0.4) is 0 Å². The molecule has 0 bridgehead atoms. The van der Waals surface area contributed by atoms with Gasteiger partial charge in [0.05, 0.1) is 17.1 Å². The first-order valence-electron chi connectivity index (χ1n) is 5.37. The first kappa shape index (κ1) is 13.8. The summed E-state index contributed by atoms with van der Waals surface area (Å²) in [5, 5.41) is 3.03. The van der Waals surface area contributed by atoms with E-state index in [2.05, 4.69) is 10.0 Å². The predicted molar refractivity (Wildman–Crippen MR) is 71.7 cm³/mol. The summed E-state index contributed by atoms with van der Waals surface area (Å²) in [7, 11) is -1.77. The molecule has 0 fully saturated rings. The number of aryl methyl sites for hydroxylation is 2. The van der Waals surface area contributed by atoms with Gasteiger partial charge < -0.3 is 11.1 Å². The summed E-state index contributed by atoms with van der Waals surface area (Å²) in [4.78, 5) is 0. The van der Waals surface area contributed by atoms with E-state index in [9.17, 15) is 8.42 Å². The lowest BCUT2D eigenvalue weighted by Gasteiger charge is -2.12. The smallest absolute Gasteiger partial charge is 0.213 e. The van der Waals surface area contributed by atoms with E-state index in [-0.39, 0.29) is 5.75 Å². The zero-order valence-electron chi connectivity index (χ0n) is 10.4. The molecule has 17 heavy (non-hydrogen) atoms. The molecule has 0 aliphatic rings. The normalized spacial score (nSPS) is 11.5. The second kappa shape index (κ2) is 5.37. The molecular formula is C11H19N3O2S. The monoisotopic (exact) mass is 257 g/mol. The van der Waals surface area contributed by atoms with Gasteiger partial charge in [-0.25, -0.2) is 13.1 Å². The molecule has 1 rings (SSSR count). The molecule has 0 unspecified atom stereocenters. The van der Waals surface area contributed by atoms with Crippen LogP contribution in [0, 0.1) is 13.8 Å². The molecule has 6 heteroatoms. The number of benzene rings is 1. The minimum Gasteiger partial charge on any atom is -0.397 e.